The zero-order valence-corrected chi connectivity index (χ0v) is 16.5. The van der Waals surface area contributed by atoms with E-state index >= 15 is 0 Å². The maximum Gasteiger partial charge on any atom is 0.244 e. The Morgan fingerprint density at radius 3 is 2.70 bits per heavy atom. The Hall–Kier alpha value is -2.68. The van der Waals surface area contributed by atoms with Crippen molar-refractivity contribution >= 4 is 11.6 Å². The van der Waals surface area contributed by atoms with Crippen molar-refractivity contribution in [1.29, 1.82) is 0 Å². The number of rotatable bonds is 9. The van der Waals surface area contributed by atoms with Gasteiger partial charge in [0.2, 0.25) is 11.8 Å². The van der Waals surface area contributed by atoms with E-state index in [-0.39, 0.29) is 12.3 Å². The molecule has 0 aliphatic heterocycles. The van der Waals surface area contributed by atoms with E-state index in [2.05, 4.69) is 32.4 Å². The van der Waals surface area contributed by atoms with E-state index < -0.39 is 0 Å². The molecule has 1 unspecified atom stereocenters. The van der Waals surface area contributed by atoms with Gasteiger partial charge in [0.25, 0.3) is 0 Å². The van der Waals surface area contributed by atoms with Crippen molar-refractivity contribution in [2.24, 2.45) is 0 Å². The fourth-order valence-corrected chi connectivity index (χ4v) is 2.65. The summed E-state index contributed by atoms with van der Waals surface area (Å²) < 4.78 is 15.1. The van der Waals surface area contributed by atoms with Gasteiger partial charge in [-0.2, -0.15) is 14.6 Å². The normalized spacial score (nSPS) is 12.7. The largest absolute Gasteiger partial charge is 0.473 e. The van der Waals surface area contributed by atoms with Crippen LogP contribution in [-0.2, 0) is 4.74 Å². The van der Waals surface area contributed by atoms with Crippen LogP contribution in [0.1, 0.15) is 47.3 Å². The number of nitrogens with one attached hydrogen (secondary N) is 1. The Kier molecular flexibility index (Phi) is 5.90. The van der Waals surface area contributed by atoms with Crippen LogP contribution < -0.4 is 10.1 Å². The third kappa shape index (κ3) is 4.19. The second-order valence-corrected chi connectivity index (χ2v) is 6.47. The SMILES string of the molecule is CCCNc1nc2cnc(-c3cnn(C(C)OCC)c3)c(OC(C)C)n2n1. The molecule has 0 radical (unpaired) electrons. The number of aromatic nitrogens is 6. The highest BCUT2D eigenvalue weighted by molar-refractivity contribution is 5.65. The minimum atomic E-state index is -0.154. The average Bonchev–Trinajstić information content (AvgIpc) is 3.27. The maximum atomic E-state index is 6.05. The molecule has 0 spiro atoms. The molecule has 1 atom stereocenters. The van der Waals surface area contributed by atoms with Crippen LogP contribution >= 0.6 is 0 Å². The molecule has 0 saturated carbocycles. The predicted molar refractivity (Wildman–Crippen MR) is 103 cm³/mol. The minimum Gasteiger partial charge on any atom is -0.473 e. The molecule has 27 heavy (non-hydrogen) atoms. The lowest BCUT2D eigenvalue weighted by molar-refractivity contribution is 0.0160. The lowest BCUT2D eigenvalue weighted by Gasteiger charge is -2.14. The van der Waals surface area contributed by atoms with Gasteiger partial charge in [-0.05, 0) is 34.1 Å². The first kappa shape index (κ1) is 19.1. The van der Waals surface area contributed by atoms with Crippen LogP contribution in [0.2, 0.25) is 0 Å². The van der Waals surface area contributed by atoms with Gasteiger partial charge in [-0.3, -0.25) is 0 Å². The minimum absolute atomic E-state index is 0.0372. The topological polar surface area (TPSA) is 91.4 Å². The number of hydrogen-bond donors (Lipinski definition) is 1. The zero-order chi connectivity index (χ0) is 19.4. The van der Waals surface area contributed by atoms with Crippen molar-refractivity contribution in [3.63, 3.8) is 0 Å². The van der Waals surface area contributed by atoms with Crippen molar-refractivity contribution in [3.8, 4) is 17.1 Å². The molecule has 3 aromatic rings. The second kappa shape index (κ2) is 8.34. The van der Waals surface area contributed by atoms with E-state index in [0.29, 0.717) is 29.8 Å². The molecule has 0 aliphatic rings. The summed E-state index contributed by atoms with van der Waals surface area (Å²) in [7, 11) is 0. The standard InChI is InChI=1S/C18H27N7O2/c1-6-8-19-18-22-15-10-20-16(17(25(15)23-18)27-12(3)4)14-9-21-24(11-14)13(5)26-7-2/h9-13H,6-8H2,1-5H3,(H,19,23). The smallest absolute Gasteiger partial charge is 0.244 e. The summed E-state index contributed by atoms with van der Waals surface area (Å²) in [5, 5.41) is 12.1. The maximum absolute atomic E-state index is 6.05. The molecule has 0 aliphatic carbocycles. The van der Waals surface area contributed by atoms with Crippen molar-refractivity contribution in [2.45, 2.75) is 53.4 Å². The Balaban J connectivity index is 2.03. The van der Waals surface area contributed by atoms with Crippen molar-refractivity contribution in [2.75, 3.05) is 18.5 Å². The van der Waals surface area contributed by atoms with Crippen LogP contribution in [0.4, 0.5) is 5.95 Å². The first-order chi connectivity index (χ1) is 13.0. The molecular formula is C18H27N7O2. The highest BCUT2D eigenvalue weighted by atomic mass is 16.5. The van der Waals surface area contributed by atoms with E-state index in [1.54, 1.807) is 21.6 Å². The van der Waals surface area contributed by atoms with Crippen molar-refractivity contribution < 1.29 is 9.47 Å². The van der Waals surface area contributed by atoms with Gasteiger partial charge in [0.05, 0.1) is 18.5 Å². The quantitative estimate of drug-likeness (QED) is 0.616. The molecule has 3 aromatic heterocycles. The van der Waals surface area contributed by atoms with Gasteiger partial charge in [-0.15, -0.1) is 5.10 Å². The molecule has 3 heterocycles. The molecule has 3 rings (SSSR count). The first-order valence-corrected chi connectivity index (χ1v) is 9.35. The molecule has 0 saturated heterocycles. The second-order valence-electron chi connectivity index (χ2n) is 6.47. The summed E-state index contributed by atoms with van der Waals surface area (Å²) in [6.45, 7) is 11.4. The fraction of sp³-hybridized carbons (Fsp3) is 0.556. The van der Waals surface area contributed by atoms with Crippen LogP contribution in [0, 0.1) is 0 Å². The zero-order valence-electron chi connectivity index (χ0n) is 16.5. The van der Waals surface area contributed by atoms with Crippen LogP contribution in [0.25, 0.3) is 16.9 Å². The number of fused-ring (bicyclic) bond motifs is 1. The van der Waals surface area contributed by atoms with E-state index in [9.17, 15) is 0 Å². The number of nitrogens with zero attached hydrogens (tertiary/aromatic N) is 6. The summed E-state index contributed by atoms with van der Waals surface area (Å²) in [4.78, 5) is 9.04. The lowest BCUT2D eigenvalue weighted by atomic mass is 10.2. The van der Waals surface area contributed by atoms with E-state index in [1.807, 2.05) is 33.9 Å². The van der Waals surface area contributed by atoms with Crippen LogP contribution in [0.3, 0.4) is 0 Å². The van der Waals surface area contributed by atoms with Gasteiger partial charge < -0.3 is 14.8 Å². The molecule has 9 nitrogen and oxygen atoms in total. The van der Waals surface area contributed by atoms with Gasteiger partial charge in [0.15, 0.2) is 5.65 Å². The summed E-state index contributed by atoms with van der Waals surface area (Å²) in [5.74, 6) is 1.10. The lowest BCUT2D eigenvalue weighted by Crippen LogP contribution is -2.12. The van der Waals surface area contributed by atoms with Gasteiger partial charge in [0.1, 0.15) is 11.9 Å². The third-order valence-electron chi connectivity index (χ3n) is 3.87. The molecule has 0 amide bonds. The number of ether oxygens (including phenoxy) is 2. The number of hydrogen-bond acceptors (Lipinski definition) is 7. The fourth-order valence-electron chi connectivity index (χ4n) is 2.65. The molecule has 0 bridgehead atoms. The summed E-state index contributed by atoms with van der Waals surface area (Å²) in [6.07, 6.45) is 6.14. The van der Waals surface area contributed by atoms with E-state index in [4.69, 9.17) is 9.47 Å². The first-order valence-electron chi connectivity index (χ1n) is 9.35. The van der Waals surface area contributed by atoms with Crippen LogP contribution in [0.5, 0.6) is 5.88 Å². The molecule has 1 N–H and O–H groups in total. The van der Waals surface area contributed by atoms with Crippen molar-refractivity contribution in [1.82, 2.24) is 29.4 Å². The highest BCUT2D eigenvalue weighted by Crippen LogP contribution is 2.29. The Morgan fingerprint density at radius 1 is 1.19 bits per heavy atom. The summed E-state index contributed by atoms with van der Waals surface area (Å²) >= 11 is 0. The predicted octanol–water partition coefficient (Wildman–Crippen LogP) is 3.15. The van der Waals surface area contributed by atoms with Gasteiger partial charge in [-0.1, -0.05) is 6.92 Å². The Labute approximate surface area is 158 Å². The van der Waals surface area contributed by atoms with Crippen LogP contribution in [0.15, 0.2) is 18.6 Å². The highest BCUT2D eigenvalue weighted by Gasteiger charge is 2.19. The Morgan fingerprint density at radius 2 is 2.00 bits per heavy atom. The van der Waals surface area contributed by atoms with Gasteiger partial charge in [0, 0.05) is 24.9 Å². The molecule has 0 fully saturated rings. The van der Waals surface area contributed by atoms with Gasteiger partial charge >= 0.3 is 0 Å². The van der Waals surface area contributed by atoms with Gasteiger partial charge in [-0.25, -0.2) is 9.67 Å². The monoisotopic (exact) mass is 373 g/mol. The molecular weight excluding hydrogens is 346 g/mol. The van der Waals surface area contributed by atoms with E-state index in [0.717, 1.165) is 18.5 Å². The third-order valence-corrected chi connectivity index (χ3v) is 3.87. The average molecular weight is 373 g/mol. The summed E-state index contributed by atoms with van der Waals surface area (Å²) in [5.41, 5.74) is 2.12. The number of anilines is 1. The molecule has 9 heteroatoms. The van der Waals surface area contributed by atoms with E-state index in [1.165, 1.54) is 0 Å². The summed E-state index contributed by atoms with van der Waals surface area (Å²) in [6, 6.07) is 0. The Bertz CT molecular complexity index is 887. The molecule has 146 valence electrons. The van der Waals surface area contributed by atoms with Crippen molar-refractivity contribution in [3.05, 3.63) is 18.6 Å². The molecule has 0 aromatic carbocycles. The van der Waals surface area contributed by atoms with Crippen LogP contribution in [-0.4, -0.2) is 48.6 Å².